The molecule has 1 aromatic heterocycles. The highest BCUT2D eigenvalue weighted by molar-refractivity contribution is 9.10. The summed E-state index contributed by atoms with van der Waals surface area (Å²) in [6, 6.07) is 4.89. The monoisotopic (exact) mass is 841 g/mol. The van der Waals surface area contributed by atoms with Crippen LogP contribution in [0, 0.1) is 55.4 Å². The Morgan fingerprint density at radius 3 is 1.88 bits per heavy atom. The van der Waals surface area contributed by atoms with E-state index in [2.05, 4.69) is 20.9 Å². The number of hydrogen-bond acceptors (Lipinski definition) is 12. The fraction of sp³-hybridized carbons (Fsp3) is 0.256. The third kappa shape index (κ3) is 7.22. The molecule has 3 N–H and O–H groups in total. The minimum Gasteiger partial charge on any atom is -0.506 e. The lowest BCUT2D eigenvalue weighted by Gasteiger charge is -2.30. The number of carbonyl (C=O) groups excluding carboxylic acids is 4. The Kier molecular flexibility index (Phi) is 11.6. The number of hydrogen-bond donors (Lipinski definition) is 3. The number of nitrogens with zero attached hydrogens (tertiary/aromatic N) is 1. The van der Waals surface area contributed by atoms with Crippen molar-refractivity contribution in [2.75, 3.05) is 7.11 Å². The third-order valence-corrected chi connectivity index (χ3v) is 11.2. The summed E-state index contributed by atoms with van der Waals surface area (Å²) in [6.07, 6.45) is 5.14. The maximum Gasteiger partial charge on any atom is 0.356 e. The second kappa shape index (κ2) is 15.8. The van der Waals surface area contributed by atoms with E-state index in [9.17, 15) is 39.3 Å². The molecule has 0 saturated heterocycles. The lowest BCUT2D eigenvalue weighted by molar-refractivity contribution is -0.151. The highest BCUT2D eigenvalue weighted by Gasteiger charge is 2.48. The molecule has 0 fully saturated rings. The molecule has 1 atom stereocenters. The molecule has 1 aliphatic rings. The van der Waals surface area contributed by atoms with Gasteiger partial charge in [-0.25, -0.2) is 19.2 Å². The summed E-state index contributed by atoms with van der Waals surface area (Å²) in [4.78, 5) is 69.6. The summed E-state index contributed by atoms with van der Waals surface area (Å²) >= 11 is 3.22. The molecule has 0 saturated carbocycles. The van der Waals surface area contributed by atoms with E-state index < -0.39 is 41.0 Å². The Hall–Kier alpha value is -6.12. The van der Waals surface area contributed by atoms with Crippen LogP contribution in [-0.4, -0.2) is 62.7 Å². The lowest BCUT2D eigenvalue weighted by Crippen LogP contribution is -2.47. The minimum atomic E-state index is -2.44. The number of allylic oxidation sites excluding steroid dienone is 2. The number of aromatic carboxylic acids is 1. The molecular weight excluding hydrogens is 802 g/mol. The number of rotatable bonds is 9. The third-order valence-electron chi connectivity index (χ3n) is 10.5. The first kappa shape index (κ1) is 42.0. The molecule has 5 rings (SSSR count). The van der Waals surface area contributed by atoms with Gasteiger partial charge < -0.3 is 34.3 Å². The predicted molar refractivity (Wildman–Crippen MR) is 211 cm³/mol. The molecule has 296 valence electrons. The molecule has 0 aliphatic heterocycles. The van der Waals surface area contributed by atoms with E-state index in [0.717, 1.165) is 12.2 Å². The number of esters is 3. The first-order valence-electron chi connectivity index (χ1n) is 17.5. The average Bonchev–Trinajstić information content (AvgIpc) is 3.15. The number of aliphatic hydroxyl groups is 1. The van der Waals surface area contributed by atoms with Crippen molar-refractivity contribution in [2.45, 2.75) is 67.9 Å². The van der Waals surface area contributed by atoms with Gasteiger partial charge in [-0.1, -0.05) is 0 Å². The molecule has 13 nitrogen and oxygen atoms in total. The number of carboxylic acids is 1. The van der Waals surface area contributed by atoms with Crippen LogP contribution in [0.4, 0.5) is 0 Å². The van der Waals surface area contributed by atoms with Crippen LogP contribution in [0.3, 0.4) is 0 Å². The van der Waals surface area contributed by atoms with E-state index in [1.54, 1.807) is 66.1 Å². The van der Waals surface area contributed by atoms with Gasteiger partial charge in [0.1, 0.15) is 33.0 Å². The molecule has 4 aromatic rings. The normalized spacial score (nSPS) is 15.1. The van der Waals surface area contributed by atoms with Crippen molar-refractivity contribution in [3.8, 4) is 34.1 Å². The van der Waals surface area contributed by atoms with Crippen LogP contribution < -0.4 is 14.2 Å². The smallest absolute Gasteiger partial charge is 0.356 e. The Balaban J connectivity index is 1.48. The maximum atomic E-state index is 14.0. The molecule has 1 aliphatic carbocycles. The van der Waals surface area contributed by atoms with Gasteiger partial charge in [0.05, 0.1) is 18.2 Å². The number of phenols is 1. The van der Waals surface area contributed by atoms with Crippen molar-refractivity contribution in [3.05, 3.63) is 120 Å². The van der Waals surface area contributed by atoms with E-state index >= 15 is 0 Å². The zero-order valence-electron chi connectivity index (χ0n) is 32.9. The molecule has 0 bridgehead atoms. The number of ketones is 1. The molecule has 0 spiro atoms. The van der Waals surface area contributed by atoms with E-state index in [1.807, 2.05) is 0 Å². The Bertz CT molecular complexity index is 2470. The van der Waals surface area contributed by atoms with Crippen molar-refractivity contribution >= 4 is 45.6 Å². The molecule has 57 heavy (non-hydrogen) atoms. The number of phenolic OH excluding ortho intramolecular Hbond substituents is 1. The molecular formula is C43H40BrNO12. The fourth-order valence-corrected chi connectivity index (χ4v) is 7.48. The molecule has 3 aromatic carbocycles. The van der Waals surface area contributed by atoms with Crippen molar-refractivity contribution in [1.82, 2.24) is 4.98 Å². The van der Waals surface area contributed by atoms with Gasteiger partial charge in [0.2, 0.25) is 5.60 Å². The van der Waals surface area contributed by atoms with E-state index in [1.165, 1.54) is 33.9 Å². The standard InChI is InChI=1S/C43H40BrNO12/c1-18-15-29(20(3)21(4)31(18)40(50)56-37-24(7)22(5)32(39(48)49)26(9)33(37)27-11-13-45-14-12-27)55-41(51)34-23(6)25(8)38(35(44)36(34)47)57-42(52)43(53)19(2)16-28(46)17-30(43)54-10/h11-17,47,53H,1-10H3,(H,48,49)/t43-/m1/s1. The number of carboxylic acid groups (broad SMARTS) is 1. The Morgan fingerprint density at radius 2 is 1.28 bits per heavy atom. The summed E-state index contributed by atoms with van der Waals surface area (Å²) in [7, 11) is 1.18. The average molecular weight is 843 g/mol. The van der Waals surface area contributed by atoms with Gasteiger partial charge in [0.15, 0.2) is 11.5 Å². The SMILES string of the molecule is COC1=CC(=O)C=C(C)[C@]1(O)C(=O)Oc1c(C)c(C)c(C(=O)Oc2cc(C)c(C(=O)Oc3c(C)c(C)c(C(=O)O)c(C)c3-c3ccncc3)c(C)c2C)c(O)c1Br. The topological polar surface area (TPSA) is 196 Å². The first-order valence-corrected chi connectivity index (χ1v) is 18.3. The zero-order chi connectivity index (χ0) is 42.4. The Morgan fingerprint density at radius 1 is 0.719 bits per heavy atom. The van der Waals surface area contributed by atoms with Gasteiger partial charge >= 0.3 is 23.9 Å². The predicted octanol–water partition coefficient (Wildman–Crippen LogP) is 7.52. The van der Waals surface area contributed by atoms with Gasteiger partial charge in [-0.05, 0) is 158 Å². The lowest BCUT2D eigenvalue weighted by atomic mass is 9.87. The number of benzene rings is 3. The van der Waals surface area contributed by atoms with Crippen LogP contribution in [0.2, 0.25) is 0 Å². The molecule has 0 radical (unpaired) electrons. The second-order valence-corrected chi connectivity index (χ2v) is 14.5. The number of aryl methyl sites for hydroxylation is 1. The zero-order valence-corrected chi connectivity index (χ0v) is 34.5. The van der Waals surface area contributed by atoms with Crippen LogP contribution in [0.25, 0.3) is 11.1 Å². The largest absolute Gasteiger partial charge is 0.506 e. The van der Waals surface area contributed by atoms with Gasteiger partial charge in [0.25, 0.3) is 0 Å². The highest BCUT2D eigenvalue weighted by atomic mass is 79.9. The van der Waals surface area contributed by atoms with Gasteiger partial charge in [0, 0.05) is 24.0 Å². The number of ether oxygens (including phenoxy) is 4. The number of pyridine rings is 1. The number of aromatic nitrogens is 1. The van der Waals surface area contributed by atoms with Crippen LogP contribution >= 0.6 is 15.9 Å². The number of methoxy groups -OCH3 is 1. The molecule has 0 amide bonds. The van der Waals surface area contributed by atoms with Gasteiger partial charge in [-0.2, -0.15) is 0 Å². The van der Waals surface area contributed by atoms with Gasteiger partial charge in [-0.15, -0.1) is 0 Å². The van der Waals surface area contributed by atoms with Crippen molar-refractivity contribution in [1.29, 1.82) is 0 Å². The first-order chi connectivity index (χ1) is 26.7. The summed E-state index contributed by atoms with van der Waals surface area (Å²) in [5.41, 5.74) is 1.66. The van der Waals surface area contributed by atoms with Crippen LogP contribution in [0.1, 0.15) is 82.5 Å². The minimum absolute atomic E-state index is 0.0450. The number of halogens is 1. The van der Waals surface area contributed by atoms with E-state index in [0.29, 0.717) is 44.5 Å². The molecule has 0 unspecified atom stereocenters. The fourth-order valence-electron chi connectivity index (χ4n) is 6.91. The van der Waals surface area contributed by atoms with Crippen LogP contribution in [0.5, 0.6) is 23.0 Å². The number of carbonyl (C=O) groups is 5. The second-order valence-electron chi connectivity index (χ2n) is 13.7. The van der Waals surface area contributed by atoms with Gasteiger partial charge in [-0.3, -0.25) is 9.78 Å². The van der Waals surface area contributed by atoms with Crippen LogP contribution in [-0.2, 0) is 14.3 Å². The van der Waals surface area contributed by atoms with Crippen molar-refractivity contribution < 1.29 is 58.2 Å². The van der Waals surface area contributed by atoms with E-state index in [-0.39, 0.29) is 60.9 Å². The summed E-state index contributed by atoms with van der Waals surface area (Å²) in [6.45, 7) is 14.4. The summed E-state index contributed by atoms with van der Waals surface area (Å²) in [5.74, 6) is -5.37. The molecule has 14 heteroatoms. The summed E-state index contributed by atoms with van der Waals surface area (Å²) in [5, 5.41) is 32.6. The van der Waals surface area contributed by atoms with Crippen molar-refractivity contribution in [3.63, 3.8) is 0 Å². The maximum absolute atomic E-state index is 14.0. The highest BCUT2D eigenvalue weighted by Crippen LogP contribution is 2.45. The Labute approximate surface area is 336 Å². The quantitative estimate of drug-likeness (QED) is 0.111. The summed E-state index contributed by atoms with van der Waals surface area (Å²) < 4.78 is 22.4. The van der Waals surface area contributed by atoms with E-state index in [4.69, 9.17) is 18.9 Å². The molecule has 1 heterocycles. The van der Waals surface area contributed by atoms with Crippen molar-refractivity contribution in [2.24, 2.45) is 0 Å². The van der Waals surface area contributed by atoms with Crippen LogP contribution in [0.15, 0.2) is 58.5 Å². The number of aromatic hydroxyl groups is 1.